The van der Waals surface area contributed by atoms with E-state index in [2.05, 4.69) is 41.6 Å². The predicted octanol–water partition coefficient (Wildman–Crippen LogP) is 3.73. The summed E-state index contributed by atoms with van der Waals surface area (Å²) in [6, 6.07) is 16.7. The summed E-state index contributed by atoms with van der Waals surface area (Å²) in [5.74, 6) is 6.51. The molecule has 2 nitrogen and oxygen atoms in total. The van der Waals surface area contributed by atoms with E-state index >= 15 is 0 Å². The van der Waals surface area contributed by atoms with Crippen LogP contribution in [0.15, 0.2) is 54.7 Å². The normalized spacial score (nSPS) is 11.8. The van der Waals surface area contributed by atoms with Crippen LogP contribution in [-0.4, -0.2) is 22.5 Å². The zero-order chi connectivity index (χ0) is 14.9. The van der Waals surface area contributed by atoms with Gasteiger partial charge in [0.1, 0.15) is 0 Å². The highest BCUT2D eigenvalue weighted by Crippen LogP contribution is 2.08. The lowest BCUT2D eigenvalue weighted by molar-refractivity contribution is 0.218. The van der Waals surface area contributed by atoms with Gasteiger partial charge in [0.25, 0.3) is 0 Å². The molecule has 0 radical (unpaired) electrons. The molecule has 0 fully saturated rings. The summed E-state index contributed by atoms with van der Waals surface area (Å²) >= 11 is 0. The van der Waals surface area contributed by atoms with E-state index in [1.165, 1.54) is 0 Å². The lowest BCUT2D eigenvalue weighted by atomic mass is 10.2. The van der Waals surface area contributed by atoms with Crippen molar-refractivity contribution in [3.63, 3.8) is 0 Å². The highest BCUT2D eigenvalue weighted by atomic mass is 15.1. The van der Waals surface area contributed by atoms with Crippen LogP contribution in [0.2, 0.25) is 0 Å². The van der Waals surface area contributed by atoms with Crippen LogP contribution in [0.25, 0.3) is 0 Å². The van der Waals surface area contributed by atoms with Gasteiger partial charge in [0.05, 0.1) is 12.2 Å². The number of benzene rings is 1. The Balaban J connectivity index is 2.02. The molecular weight excluding hydrogens is 256 g/mol. The SMILES string of the molecule is CCC(C)N(CC#Cc1ccccc1)Cc1ccccn1. The Hall–Kier alpha value is -2.11. The fourth-order valence-corrected chi connectivity index (χ4v) is 2.09. The van der Waals surface area contributed by atoms with E-state index < -0.39 is 0 Å². The quantitative estimate of drug-likeness (QED) is 0.775. The van der Waals surface area contributed by atoms with Gasteiger partial charge in [-0.3, -0.25) is 9.88 Å². The number of pyridine rings is 1. The summed E-state index contributed by atoms with van der Waals surface area (Å²) in [5.41, 5.74) is 2.17. The molecule has 0 N–H and O–H groups in total. The highest BCUT2D eigenvalue weighted by molar-refractivity contribution is 5.33. The van der Waals surface area contributed by atoms with Gasteiger partial charge in [-0.15, -0.1) is 0 Å². The summed E-state index contributed by atoms with van der Waals surface area (Å²) in [4.78, 5) is 6.78. The predicted molar refractivity (Wildman–Crippen MR) is 87.7 cm³/mol. The Labute approximate surface area is 127 Å². The first-order valence-electron chi connectivity index (χ1n) is 7.47. The van der Waals surface area contributed by atoms with Crippen LogP contribution < -0.4 is 0 Å². The molecule has 1 unspecified atom stereocenters. The molecule has 2 aromatic rings. The van der Waals surface area contributed by atoms with Crippen LogP contribution >= 0.6 is 0 Å². The van der Waals surface area contributed by atoms with Gasteiger partial charge >= 0.3 is 0 Å². The lowest BCUT2D eigenvalue weighted by Gasteiger charge is -2.25. The first-order valence-corrected chi connectivity index (χ1v) is 7.47. The number of hydrogen-bond acceptors (Lipinski definition) is 2. The second-order valence-corrected chi connectivity index (χ2v) is 5.15. The molecule has 1 atom stereocenters. The van der Waals surface area contributed by atoms with Crippen molar-refractivity contribution in [3.05, 3.63) is 66.0 Å². The van der Waals surface area contributed by atoms with Crippen LogP contribution in [0.5, 0.6) is 0 Å². The fraction of sp³-hybridized carbons (Fsp3) is 0.316. The molecule has 1 aromatic carbocycles. The molecule has 21 heavy (non-hydrogen) atoms. The van der Waals surface area contributed by atoms with Crippen molar-refractivity contribution < 1.29 is 0 Å². The molecule has 0 aliphatic rings. The Morgan fingerprint density at radius 2 is 1.86 bits per heavy atom. The summed E-state index contributed by atoms with van der Waals surface area (Å²) < 4.78 is 0. The van der Waals surface area contributed by atoms with E-state index in [9.17, 15) is 0 Å². The third-order valence-corrected chi connectivity index (χ3v) is 3.59. The average Bonchev–Trinajstić information content (AvgIpc) is 2.55. The molecule has 0 saturated carbocycles. The van der Waals surface area contributed by atoms with E-state index in [1.807, 2.05) is 48.7 Å². The third kappa shape index (κ3) is 5.06. The zero-order valence-electron chi connectivity index (χ0n) is 12.8. The molecule has 0 aliphatic heterocycles. The van der Waals surface area contributed by atoms with Crippen molar-refractivity contribution in [2.75, 3.05) is 6.54 Å². The topological polar surface area (TPSA) is 16.1 Å². The number of rotatable bonds is 5. The Morgan fingerprint density at radius 1 is 1.10 bits per heavy atom. The summed E-state index contributed by atoms with van der Waals surface area (Å²) in [7, 11) is 0. The van der Waals surface area contributed by atoms with E-state index in [1.54, 1.807) is 0 Å². The summed E-state index contributed by atoms with van der Waals surface area (Å²) in [5, 5.41) is 0. The Kier molecular flexibility index (Phi) is 5.99. The van der Waals surface area contributed by atoms with E-state index in [4.69, 9.17) is 0 Å². The Bertz CT molecular complexity index is 581. The van der Waals surface area contributed by atoms with E-state index in [0.29, 0.717) is 6.04 Å². The van der Waals surface area contributed by atoms with Crippen LogP contribution in [0, 0.1) is 11.8 Å². The molecule has 2 rings (SSSR count). The number of hydrogen-bond donors (Lipinski definition) is 0. The molecular formula is C19H22N2. The molecule has 1 aromatic heterocycles. The van der Waals surface area contributed by atoms with Crippen LogP contribution in [0.1, 0.15) is 31.5 Å². The summed E-state index contributed by atoms with van der Waals surface area (Å²) in [6.07, 6.45) is 2.96. The highest BCUT2D eigenvalue weighted by Gasteiger charge is 2.11. The maximum atomic E-state index is 4.41. The monoisotopic (exact) mass is 278 g/mol. The van der Waals surface area contributed by atoms with Gasteiger partial charge < -0.3 is 0 Å². The molecule has 0 aliphatic carbocycles. The fourth-order valence-electron chi connectivity index (χ4n) is 2.09. The van der Waals surface area contributed by atoms with Gasteiger partial charge in [-0.25, -0.2) is 0 Å². The molecule has 1 heterocycles. The van der Waals surface area contributed by atoms with Gasteiger partial charge in [0.2, 0.25) is 0 Å². The third-order valence-electron chi connectivity index (χ3n) is 3.59. The van der Waals surface area contributed by atoms with Gasteiger partial charge in [0, 0.05) is 24.3 Å². The first kappa shape index (κ1) is 15.3. The van der Waals surface area contributed by atoms with Crippen molar-refractivity contribution in [3.8, 4) is 11.8 Å². The minimum absolute atomic E-state index is 0.497. The molecule has 0 spiro atoms. The molecule has 0 amide bonds. The van der Waals surface area contributed by atoms with Crippen molar-refractivity contribution in [2.24, 2.45) is 0 Å². The number of aromatic nitrogens is 1. The lowest BCUT2D eigenvalue weighted by Crippen LogP contribution is -2.32. The largest absolute Gasteiger partial charge is 0.284 e. The van der Waals surface area contributed by atoms with Gasteiger partial charge in [0.15, 0.2) is 0 Å². The van der Waals surface area contributed by atoms with Crippen molar-refractivity contribution in [1.29, 1.82) is 0 Å². The molecule has 0 bridgehead atoms. The maximum absolute atomic E-state index is 4.41. The molecule has 108 valence electrons. The first-order chi connectivity index (χ1) is 10.3. The average molecular weight is 278 g/mol. The van der Waals surface area contributed by atoms with Crippen molar-refractivity contribution in [1.82, 2.24) is 9.88 Å². The van der Waals surface area contributed by atoms with Crippen LogP contribution in [-0.2, 0) is 6.54 Å². The second-order valence-electron chi connectivity index (χ2n) is 5.15. The van der Waals surface area contributed by atoms with E-state index in [-0.39, 0.29) is 0 Å². The standard InChI is InChI=1S/C19H22N2/c1-3-17(2)21(16-19-13-7-8-14-20-19)15-9-12-18-10-5-4-6-11-18/h4-8,10-11,13-14,17H,3,15-16H2,1-2H3. The maximum Gasteiger partial charge on any atom is 0.0611 e. The van der Waals surface area contributed by atoms with Gasteiger partial charge in [-0.2, -0.15) is 0 Å². The smallest absolute Gasteiger partial charge is 0.0611 e. The van der Waals surface area contributed by atoms with Crippen molar-refractivity contribution >= 4 is 0 Å². The Morgan fingerprint density at radius 3 is 2.52 bits per heavy atom. The van der Waals surface area contributed by atoms with Crippen molar-refractivity contribution in [2.45, 2.75) is 32.9 Å². The van der Waals surface area contributed by atoms with Crippen LogP contribution in [0.4, 0.5) is 0 Å². The van der Waals surface area contributed by atoms with Gasteiger partial charge in [-0.05, 0) is 37.6 Å². The second kappa shape index (κ2) is 8.24. The number of nitrogens with zero attached hydrogens (tertiary/aromatic N) is 2. The zero-order valence-corrected chi connectivity index (χ0v) is 12.8. The minimum atomic E-state index is 0.497. The molecule has 0 saturated heterocycles. The van der Waals surface area contributed by atoms with Crippen LogP contribution in [0.3, 0.4) is 0 Å². The summed E-state index contributed by atoms with van der Waals surface area (Å²) in [6.45, 7) is 6.06. The van der Waals surface area contributed by atoms with Gasteiger partial charge in [-0.1, -0.05) is 43.0 Å². The molecule has 2 heteroatoms. The van der Waals surface area contributed by atoms with E-state index in [0.717, 1.165) is 30.8 Å². The minimum Gasteiger partial charge on any atom is -0.284 e.